The Morgan fingerprint density at radius 3 is 2.76 bits per heavy atom. The first-order valence-electron chi connectivity index (χ1n) is 8.14. The monoisotopic (exact) mass is 290 g/mol. The minimum Gasteiger partial charge on any atom is -0.454 e. The second kappa shape index (κ2) is 6.67. The predicted octanol–water partition coefficient (Wildman–Crippen LogP) is 2.94. The lowest BCUT2D eigenvalue weighted by molar-refractivity contribution is 0.174. The molecule has 1 saturated heterocycles. The highest BCUT2D eigenvalue weighted by Crippen LogP contribution is 2.34. The average Bonchev–Trinajstić information content (AvgIpc) is 2.97. The third kappa shape index (κ3) is 3.50. The normalized spacial score (nSPS) is 20.7. The first kappa shape index (κ1) is 14.7. The zero-order chi connectivity index (χ0) is 14.7. The van der Waals surface area contributed by atoms with E-state index in [1.165, 1.54) is 44.5 Å². The highest BCUT2D eigenvalue weighted by Gasteiger charge is 2.21. The van der Waals surface area contributed by atoms with Crippen molar-refractivity contribution in [3.8, 4) is 11.5 Å². The Hall–Kier alpha value is -1.26. The number of rotatable bonds is 5. The molecule has 2 aliphatic rings. The van der Waals surface area contributed by atoms with Gasteiger partial charge in [0.1, 0.15) is 0 Å². The van der Waals surface area contributed by atoms with Crippen LogP contribution < -0.4 is 14.8 Å². The van der Waals surface area contributed by atoms with E-state index in [2.05, 4.69) is 36.2 Å². The van der Waals surface area contributed by atoms with E-state index in [-0.39, 0.29) is 0 Å². The van der Waals surface area contributed by atoms with E-state index in [9.17, 15) is 0 Å². The molecule has 1 atom stereocenters. The molecule has 2 aliphatic heterocycles. The lowest BCUT2D eigenvalue weighted by Crippen LogP contribution is -2.43. The van der Waals surface area contributed by atoms with Crippen LogP contribution in [0.1, 0.15) is 44.7 Å². The summed E-state index contributed by atoms with van der Waals surface area (Å²) in [4.78, 5) is 2.57. The fourth-order valence-corrected chi connectivity index (χ4v) is 3.27. The van der Waals surface area contributed by atoms with Crippen LogP contribution in [0.3, 0.4) is 0 Å². The van der Waals surface area contributed by atoms with Gasteiger partial charge in [-0.3, -0.25) is 0 Å². The molecule has 1 unspecified atom stereocenters. The Balaban J connectivity index is 1.53. The van der Waals surface area contributed by atoms with Crippen molar-refractivity contribution in [1.29, 1.82) is 0 Å². The Bertz CT molecular complexity index is 470. The van der Waals surface area contributed by atoms with Gasteiger partial charge in [0.2, 0.25) is 6.79 Å². The molecule has 3 rings (SSSR count). The molecule has 0 spiro atoms. The van der Waals surface area contributed by atoms with Crippen LogP contribution in [-0.4, -0.2) is 37.4 Å². The molecule has 0 aliphatic carbocycles. The van der Waals surface area contributed by atoms with Crippen molar-refractivity contribution in [2.75, 3.05) is 26.4 Å². The fraction of sp³-hybridized carbons (Fsp3) is 0.647. The second-order valence-corrected chi connectivity index (χ2v) is 6.12. The molecule has 1 aromatic rings. The average molecular weight is 290 g/mol. The number of nitrogens with one attached hydrogen (secondary N) is 1. The molecule has 1 fully saturated rings. The summed E-state index contributed by atoms with van der Waals surface area (Å²) >= 11 is 0. The van der Waals surface area contributed by atoms with Gasteiger partial charge in [-0.15, -0.1) is 0 Å². The van der Waals surface area contributed by atoms with Crippen molar-refractivity contribution in [2.45, 2.75) is 45.2 Å². The van der Waals surface area contributed by atoms with Gasteiger partial charge in [-0.05, 0) is 63.5 Å². The van der Waals surface area contributed by atoms with E-state index < -0.39 is 0 Å². The van der Waals surface area contributed by atoms with Gasteiger partial charge in [-0.2, -0.15) is 0 Å². The lowest BCUT2D eigenvalue weighted by Gasteiger charge is -2.33. The summed E-state index contributed by atoms with van der Waals surface area (Å²) in [6.07, 6.45) is 3.75. The first-order valence-corrected chi connectivity index (χ1v) is 8.14. The van der Waals surface area contributed by atoms with Gasteiger partial charge >= 0.3 is 0 Å². The smallest absolute Gasteiger partial charge is 0.231 e. The van der Waals surface area contributed by atoms with Gasteiger partial charge in [0.05, 0.1) is 0 Å². The summed E-state index contributed by atoms with van der Waals surface area (Å²) in [5, 5.41) is 3.77. The van der Waals surface area contributed by atoms with Crippen LogP contribution in [0.2, 0.25) is 0 Å². The molecule has 1 aromatic carbocycles. The molecular weight excluding hydrogens is 264 g/mol. The summed E-state index contributed by atoms with van der Waals surface area (Å²) in [6.45, 7) is 8.52. The summed E-state index contributed by atoms with van der Waals surface area (Å²) in [6, 6.07) is 7.23. The summed E-state index contributed by atoms with van der Waals surface area (Å²) in [5.41, 5.74) is 1.27. The van der Waals surface area contributed by atoms with E-state index >= 15 is 0 Å². The van der Waals surface area contributed by atoms with E-state index in [0.29, 0.717) is 18.9 Å². The maximum atomic E-state index is 5.46. The Morgan fingerprint density at radius 1 is 1.24 bits per heavy atom. The second-order valence-electron chi connectivity index (χ2n) is 6.12. The minimum atomic E-state index is 0.344. The molecule has 0 amide bonds. The van der Waals surface area contributed by atoms with Crippen molar-refractivity contribution in [2.24, 2.45) is 0 Å². The van der Waals surface area contributed by atoms with Crippen LogP contribution in [-0.2, 0) is 0 Å². The zero-order valence-corrected chi connectivity index (χ0v) is 13.1. The lowest BCUT2D eigenvalue weighted by atomic mass is 10.0. The Labute approximate surface area is 127 Å². The number of piperidine rings is 1. The van der Waals surface area contributed by atoms with Crippen LogP contribution in [0, 0.1) is 0 Å². The number of fused-ring (bicyclic) bond motifs is 1. The molecule has 2 heterocycles. The molecule has 4 nitrogen and oxygen atoms in total. The fourth-order valence-electron chi connectivity index (χ4n) is 3.27. The number of ether oxygens (including phenoxy) is 2. The van der Waals surface area contributed by atoms with Gasteiger partial charge in [0.15, 0.2) is 11.5 Å². The topological polar surface area (TPSA) is 33.7 Å². The van der Waals surface area contributed by atoms with Gasteiger partial charge < -0.3 is 19.7 Å². The highest BCUT2D eigenvalue weighted by molar-refractivity contribution is 5.45. The van der Waals surface area contributed by atoms with Crippen LogP contribution in [0.25, 0.3) is 0 Å². The molecule has 1 N–H and O–H groups in total. The van der Waals surface area contributed by atoms with Crippen LogP contribution in [0.4, 0.5) is 0 Å². The molecule has 21 heavy (non-hydrogen) atoms. The van der Waals surface area contributed by atoms with Gasteiger partial charge in [0.25, 0.3) is 0 Å². The number of nitrogens with zero attached hydrogens (tertiary/aromatic N) is 1. The van der Waals surface area contributed by atoms with Crippen molar-refractivity contribution in [3.63, 3.8) is 0 Å². The van der Waals surface area contributed by atoms with Crippen molar-refractivity contribution >= 4 is 0 Å². The van der Waals surface area contributed by atoms with Gasteiger partial charge in [0, 0.05) is 12.1 Å². The Kier molecular flexibility index (Phi) is 4.66. The van der Waals surface area contributed by atoms with E-state index in [1.807, 2.05) is 6.07 Å². The predicted molar refractivity (Wildman–Crippen MR) is 83.9 cm³/mol. The molecular formula is C17H26N2O2. The third-order valence-corrected chi connectivity index (χ3v) is 4.51. The SMILES string of the molecule is CCCN1CCC(NC(C)c2ccc3c(c2)OCO3)CC1. The highest BCUT2D eigenvalue weighted by atomic mass is 16.7. The van der Waals surface area contributed by atoms with Crippen LogP contribution >= 0.6 is 0 Å². The molecule has 0 bridgehead atoms. The number of hydrogen-bond donors (Lipinski definition) is 1. The van der Waals surface area contributed by atoms with E-state index in [4.69, 9.17) is 9.47 Å². The van der Waals surface area contributed by atoms with E-state index in [0.717, 1.165) is 11.5 Å². The number of likely N-dealkylation sites (tertiary alicyclic amines) is 1. The van der Waals surface area contributed by atoms with Crippen molar-refractivity contribution < 1.29 is 9.47 Å². The molecule has 4 heteroatoms. The molecule has 116 valence electrons. The summed E-state index contributed by atoms with van der Waals surface area (Å²) in [7, 11) is 0. The number of hydrogen-bond acceptors (Lipinski definition) is 4. The maximum absolute atomic E-state index is 5.46. The molecule has 0 saturated carbocycles. The summed E-state index contributed by atoms with van der Waals surface area (Å²) in [5.74, 6) is 1.73. The van der Waals surface area contributed by atoms with Gasteiger partial charge in [-0.25, -0.2) is 0 Å². The number of benzene rings is 1. The standard InChI is InChI=1S/C17H26N2O2/c1-3-8-19-9-6-15(7-10-19)18-13(2)14-4-5-16-17(11-14)21-12-20-16/h4-5,11,13,15,18H,3,6-10,12H2,1-2H3. The van der Waals surface area contributed by atoms with E-state index in [1.54, 1.807) is 0 Å². The van der Waals surface area contributed by atoms with Crippen molar-refractivity contribution in [3.05, 3.63) is 23.8 Å². The van der Waals surface area contributed by atoms with Crippen LogP contribution in [0.15, 0.2) is 18.2 Å². The molecule has 0 aromatic heterocycles. The third-order valence-electron chi connectivity index (χ3n) is 4.51. The van der Waals surface area contributed by atoms with Crippen molar-refractivity contribution in [1.82, 2.24) is 10.2 Å². The summed E-state index contributed by atoms with van der Waals surface area (Å²) < 4.78 is 10.8. The van der Waals surface area contributed by atoms with Gasteiger partial charge in [-0.1, -0.05) is 13.0 Å². The largest absolute Gasteiger partial charge is 0.454 e. The molecule has 0 radical (unpaired) electrons. The minimum absolute atomic E-state index is 0.344. The quantitative estimate of drug-likeness (QED) is 0.904. The first-order chi connectivity index (χ1) is 10.3. The van der Waals surface area contributed by atoms with Crippen LogP contribution in [0.5, 0.6) is 11.5 Å². The maximum Gasteiger partial charge on any atom is 0.231 e. The zero-order valence-electron chi connectivity index (χ0n) is 13.1. The Morgan fingerprint density at radius 2 is 2.00 bits per heavy atom.